The van der Waals surface area contributed by atoms with E-state index in [0.29, 0.717) is 45.2 Å². The minimum Gasteiger partial charge on any atom is -0.383 e. The molecule has 3 aromatic heterocycles. The van der Waals surface area contributed by atoms with Crippen LogP contribution in [0.4, 0.5) is 10.2 Å². The van der Waals surface area contributed by atoms with Crippen molar-refractivity contribution in [2.24, 2.45) is 0 Å². The summed E-state index contributed by atoms with van der Waals surface area (Å²) in [5, 5.41) is 2.65. The van der Waals surface area contributed by atoms with Crippen molar-refractivity contribution in [2.45, 2.75) is 25.3 Å². The smallest absolute Gasteiger partial charge is 0.146 e. The van der Waals surface area contributed by atoms with E-state index in [1.165, 1.54) is 6.33 Å². The Morgan fingerprint density at radius 3 is 2.72 bits per heavy atom. The third-order valence-electron chi connectivity index (χ3n) is 6.09. The summed E-state index contributed by atoms with van der Waals surface area (Å²) < 4.78 is 17.8. The van der Waals surface area contributed by atoms with Crippen LogP contribution in [0.3, 0.4) is 0 Å². The van der Waals surface area contributed by atoms with Crippen molar-refractivity contribution in [1.29, 1.82) is 0 Å². The Hall–Kier alpha value is -3.51. The quantitative estimate of drug-likeness (QED) is 0.372. The summed E-state index contributed by atoms with van der Waals surface area (Å²) in [5.74, 6) is 0.0366. The topological polar surface area (TPSA) is 69.6 Å². The van der Waals surface area contributed by atoms with Crippen LogP contribution in [0.15, 0.2) is 61.2 Å². The summed E-state index contributed by atoms with van der Waals surface area (Å²) in [7, 11) is 0. The minimum absolute atomic E-state index is 0.322. The lowest BCUT2D eigenvalue weighted by Crippen LogP contribution is -1.96. The second-order valence-electron chi connectivity index (χ2n) is 8.23. The van der Waals surface area contributed by atoms with Crippen LogP contribution in [-0.4, -0.2) is 19.5 Å². The molecule has 0 amide bonds. The van der Waals surface area contributed by atoms with Gasteiger partial charge in [-0.2, -0.15) is 0 Å². The van der Waals surface area contributed by atoms with Gasteiger partial charge in [0.2, 0.25) is 0 Å². The molecule has 6 rings (SSSR count). The molecule has 0 spiro atoms. The number of nitrogen functional groups attached to an aromatic ring is 1. The van der Waals surface area contributed by atoms with E-state index in [9.17, 15) is 0 Å². The molecular weight excluding hydrogens is 425 g/mol. The van der Waals surface area contributed by atoms with Crippen LogP contribution in [-0.2, 0) is 6.42 Å². The minimum atomic E-state index is -0.322. The molecule has 1 aliphatic carbocycles. The van der Waals surface area contributed by atoms with Crippen molar-refractivity contribution in [1.82, 2.24) is 19.5 Å². The maximum absolute atomic E-state index is 15.7. The Kier molecular flexibility index (Phi) is 4.36. The van der Waals surface area contributed by atoms with Gasteiger partial charge in [-0.3, -0.25) is 4.98 Å². The number of aromatic nitrogens is 4. The number of pyridine rings is 1. The Morgan fingerprint density at radius 1 is 1.06 bits per heavy atom. The molecule has 3 heterocycles. The molecule has 0 radical (unpaired) electrons. The molecule has 1 fully saturated rings. The van der Waals surface area contributed by atoms with E-state index < -0.39 is 0 Å². The number of fused-ring (bicyclic) bond motifs is 2. The van der Waals surface area contributed by atoms with Crippen molar-refractivity contribution in [2.75, 3.05) is 5.73 Å². The maximum atomic E-state index is 15.7. The largest absolute Gasteiger partial charge is 0.383 e. The van der Waals surface area contributed by atoms with E-state index in [1.807, 2.05) is 42.6 Å². The SMILES string of the molecule is Nc1ncnc2c1c(-c1ccc3cc(Cc4ccccc4Cl)ncc3c1F)cn2C1CC1. The number of anilines is 1. The second kappa shape index (κ2) is 7.28. The standard InChI is InChI=1S/C25H19ClFN5/c26-21-4-2-1-3-15(21)10-16-9-14-5-8-18(23(27)19(14)11-29-16)20-12-32(17-6-7-17)25-22(20)24(28)30-13-31-25/h1-5,8-9,11-13,17H,6-7,10H2,(H2,28,30,31). The predicted molar refractivity (Wildman–Crippen MR) is 125 cm³/mol. The molecule has 2 aromatic carbocycles. The summed E-state index contributed by atoms with van der Waals surface area (Å²) >= 11 is 6.29. The van der Waals surface area contributed by atoms with Crippen LogP contribution in [0.2, 0.25) is 5.02 Å². The highest BCUT2D eigenvalue weighted by Crippen LogP contribution is 2.43. The van der Waals surface area contributed by atoms with Gasteiger partial charge in [0, 0.05) is 52.1 Å². The Balaban J connectivity index is 1.46. The lowest BCUT2D eigenvalue weighted by Gasteiger charge is -2.09. The number of nitrogens with two attached hydrogens (primary N) is 1. The molecule has 1 aliphatic rings. The molecule has 0 saturated heterocycles. The molecular formula is C25H19ClFN5. The zero-order valence-electron chi connectivity index (χ0n) is 17.1. The van der Waals surface area contributed by atoms with Crippen LogP contribution in [0, 0.1) is 5.82 Å². The highest BCUT2D eigenvalue weighted by molar-refractivity contribution is 6.31. The van der Waals surface area contributed by atoms with Crippen LogP contribution < -0.4 is 5.73 Å². The molecule has 5 aromatic rings. The average molecular weight is 444 g/mol. The van der Waals surface area contributed by atoms with Gasteiger partial charge in [-0.1, -0.05) is 41.9 Å². The number of nitrogens with zero attached hydrogens (tertiary/aromatic N) is 4. The molecule has 1 saturated carbocycles. The molecule has 0 atom stereocenters. The summed E-state index contributed by atoms with van der Waals surface area (Å²) in [4.78, 5) is 13.1. The number of hydrogen-bond donors (Lipinski definition) is 1. The first-order valence-corrected chi connectivity index (χ1v) is 10.9. The predicted octanol–water partition coefficient (Wildman–Crippen LogP) is 5.95. The van der Waals surface area contributed by atoms with Gasteiger partial charge in [-0.15, -0.1) is 0 Å². The van der Waals surface area contributed by atoms with Crippen molar-refractivity contribution < 1.29 is 4.39 Å². The molecule has 32 heavy (non-hydrogen) atoms. The van der Waals surface area contributed by atoms with Gasteiger partial charge in [-0.05, 0) is 35.9 Å². The van der Waals surface area contributed by atoms with Gasteiger partial charge in [0.05, 0.1) is 5.39 Å². The molecule has 158 valence electrons. The zero-order valence-corrected chi connectivity index (χ0v) is 17.9. The fraction of sp³-hybridized carbons (Fsp3) is 0.160. The Morgan fingerprint density at radius 2 is 1.91 bits per heavy atom. The Bertz CT molecular complexity index is 1510. The van der Waals surface area contributed by atoms with E-state index in [1.54, 1.807) is 12.3 Å². The second-order valence-corrected chi connectivity index (χ2v) is 8.64. The van der Waals surface area contributed by atoms with Gasteiger partial charge < -0.3 is 10.3 Å². The normalized spacial score (nSPS) is 13.8. The molecule has 0 bridgehead atoms. The first kappa shape index (κ1) is 19.2. The molecule has 7 heteroatoms. The third-order valence-corrected chi connectivity index (χ3v) is 6.46. The molecule has 5 nitrogen and oxygen atoms in total. The van der Waals surface area contributed by atoms with E-state index in [2.05, 4.69) is 19.5 Å². The number of halogens is 2. The first-order chi connectivity index (χ1) is 15.6. The Labute approximate surface area is 188 Å². The van der Waals surface area contributed by atoms with Gasteiger partial charge in [0.15, 0.2) is 0 Å². The van der Waals surface area contributed by atoms with Crippen LogP contribution >= 0.6 is 11.6 Å². The van der Waals surface area contributed by atoms with Gasteiger partial charge in [0.25, 0.3) is 0 Å². The van der Waals surface area contributed by atoms with Crippen molar-refractivity contribution in [3.63, 3.8) is 0 Å². The maximum Gasteiger partial charge on any atom is 0.146 e. The lowest BCUT2D eigenvalue weighted by atomic mass is 10.00. The summed E-state index contributed by atoms with van der Waals surface area (Å²) in [6, 6.07) is 13.7. The molecule has 0 aliphatic heterocycles. The van der Waals surface area contributed by atoms with Crippen molar-refractivity contribution in [3.8, 4) is 11.1 Å². The lowest BCUT2D eigenvalue weighted by molar-refractivity contribution is 0.642. The van der Waals surface area contributed by atoms with Crippen LogP contribution in [0.1, 0.15) is 30.1 Å². The van der Waals surface area contributed by atoms with Crippen LogP contribution in [0.25, 0.3) is 32.9 Å². The highest BCUT2D eigenvalue weighted by Gasteiger charge is 2.28. The van der Waals surface area contributed by atoms with E-state index in [4.69, 9.17) is 17.3 Å². The van der Waals surface area contributed by atoms with Gasteiger partial charge in [-0.25, -0.2) is 14.4 Å². The highest BCUT2D eigenvalue weighted by atomic mass is 35.5. The van der Waals surface area contributed by atoms with Crippen LogP contribution in [0.5, 0.6) is 0 Å². The summed E-state index contributed by atoms with van der Waals surface area (Å²) in [5.41, 5.74) is 9.95. The van der Waals surface area contributed by atoms with Gasteiger partial charge in [0.1, 0.15) is 23.6 Å². The van der Waals surface area contributed by atoms with Crippen molar-refractivity contribution >= 4 is 39.2 Å². The van der Waals surface area contributed by atoms with Crippen molar-refractivity contribution in [3.05, 3.63) is 83.3 Å². The third kappa shape index (κ3) is 3.10. The summed E-state index contributed by atoms with van der Waals surface area (Å²) in [6.45, 7) is 0. The first-order valence-electron chi connectivity index (χ1n) is 10.5. The fourth-order valence-corrected chi connectivity index (χ4v) is 4.52. The summed E-state index contributed by atoms with van der Waals surface area (Å²) in [6.07, 6.45) is 7.78. The molecule has 0 unspecified atom stereocenters. The monoisotopic (exact) mass is 443 g/mol. The average Bonchev–Trinajstić information content (AvgIpc) is 3.56. The van der Waals surface area contributed by atoms with Gasteiger partial charge >= 0.3 is 0 Å². The van der Waals surface area contributed by atoms with E-state index in [0.717, 1.165) is 35.1 Å². The van der Waals surface area contributed by atoms with E-state index >= 15 is 4.39 Å². The number of hydrogen-bond acceptors (Lipinski definition) is 4. The number of benzene rings is 2. The zero-order chi connectivity index (χ0) is 21.8. The molecule has 2 N–H and O–H groups in total. The number of rotatable bonds is 4. The van der Waals surface area contributed by atoms with E-state index in [-0.39, 0.29) is 5.82 Å². The fourth-order valence-electron chi connectivity index (χ4n) is 4.31.